The highest BCUT2D eigenvalue weighted by Crippen LogP contribution is 2.34. The fourth-order valence-corrected chi connectivity index (χ4v) is 1.41. The molecule has 1 aromatic carbocycles. The van der Waals surface area contributed by atoms with E-state index in [1.807, 2.05) is 0 Å². The maximum atomic E-state index is 13.7. The van der Waals surface area contributed by atoms with E-state index in [2.05, 4.69) is 0 Å². The summed E-state index contributed by atoms with van der Waals surface area (Å²) in [5, 5.41) is 9.51. The van der Waals surface area contributed by atoms with Gasteiger partial charge in [-0.05, 0) is 25.1 Å². The van der Waals surface area contributed by atoms with Crippen LogP contribution in [0.4, 0.5) is 4.39 Å². The van der Waals surface area contributed by atoms with Crippen LogP contribution in [0.3, 0.4) is 0 Å². The first-order valence-corrected chi connectivity index (χ1v) is 4.82. The van der Waals surface area contributed by atoms with Crippen molar-refractivity contribution in [2.75, 3.05) is 13.7 Å². The number of Topliss-reactive ketones (excluding diaryl/α,β-unsaturated/α-hetero) is 1. The summed E-state index contributed by atoms with van der Waals surface area (Å²) >= 11 is 0. The Morgan fingerprint density at radius 2 is 2.25 bits per heavy atom. The van der Waals surface area contributed by atoms with Crippen molar-refractivity contribution in [3.05, 3.63) is 23.0 Å². The lowest BCUT2D eigenvalue weighted by atomic mass is 10.0. The molecule has 0 aliphatic rings. The van der Waals surface area contributed by atoms with E-state index in [0.717, 1.165) is 0 Å². The molecule has 0 aliphatic carbocycles. The second kappa shape index (κ2) is 4.94. The van der Waals surface area contributed by atoms with Crippen LogP contribution in [0.2, 0.25) is 0 Å². The zero-order chi connectivity index (χ0) is 12.3. The number of ketones is 1. The number of phenolic OH excluding ortho intramolecular Hbond substituents is 1. The number of aromatic hydroxyl groups is 1. The summed E-state index contributed by atoms with van der Waals surface area (Å²) in [6.07, 6.45) is 0.0598. The summed E-state index contributed by atoms with van der Waals surface area (Å²) in [7, 11) is 1.23. The lowest BCUT2D eigenvalue weighted by molar-refractivity contribution is 0.0980. The number of halogens is 1. The van der Waals surface area contributed by atoms with Crippen LogP contribution in [0, 0.1) is 12.7 Å². The van der Waals surface area contributed by atoms with E-state index >= 15 is 0 Å². The molecule has 0 amide bonds. The molecule has 0 saturated heterocycles. The standard InChI is InChI=1S/C11H14FNO3/c1-6-5-7(8(14)3-4-13)9(12)11(16-2)10(6)15/h5,15H,3-4,13H2,1-2H3. The summed E-state index contributed by atoms with van der Waals surface area (Å²) in [6, 6.07) is 1.30. The number of aryl methyl sites for hydroxylation is 1. The molecular formula is C11H14FNO3. The first-order valence-electron chi connectivity index (χ1n) is 4.82. The van der Waals surface area contributed by atoms with E-state index in [1.165, 1.54) is 13.2 Å². The van der Waals surface area contributed by atoms with E-state index in [-0.39, 0.29) is 30.0 Å². The van der Waals surface area contributed by atoms with Gasteiger partial charge < -0.3 is 15.6 Å². The number of hydrogen-bond donors (Lipinski definition) is 2. The van der Waals surface area contributed by atoms with Crippen molar-refractivity contribution in [1.82, 2.24) is 0 Å². The third-order valence-corrected chi connectivity index (χ3v) is 2.26. The second-order valence-electron chi connectivity index (χ2n) is 3.40. The summed E-state index contributed by atoms with van der Waals surface area (Å²) < 4.78 is 18.5. The zero-order valence-electron chi connectivity index (χ0n) is 9.21. The normalized spacial score (nSPS) is 10.2. The minimum atomic E-state index is -0.843. The molecule has 0 spiro atoms. The Balaban J connectivity index is 3.31. The molecule has 0 unspecified atom stereocenters. The van der Waals surface area contributed by atoms with E-state index in [4.69, 9.17) is 10.5 Å². The van der Waals surface area contributed by atoms with Gasteiger partial charge >= 0.3 is 0 Å². The van der Waals surface area contributed by atoms with Gasteiger partial charge in [0.25, 0.3) is 0 Å². The van der Waals surface area contributed by atoms with Crippen molar-refractivity contribution >= 4 is 5.78 Å². The van der Waals surface area contributed by atoms with E-state index in [1.54, 1.807) is 6.92 Å². The minimum Gasteiger partial charge on any atom is -0.504 e. The largest absolute Gasteiger partial charge is 0.504 e. The average molecular weight is 227 g/mol. The first kappa shape index (κ1) is 12.4. The van der Waals surface area contributed by atoms with Gasteiger partial charge in [-0.25, -0.2) is 4.39 Å². The Bertz CT molecular complexity index is 418. The molecule has 0 bridgehead atoms. The van der Waals surface area contributed by atoms with Gasteiger partial charge in [-0.2, -0.15) is 0 Å². The lowest BCUT2D eigenvalue weighted by Gasteiger charge is -2.10. The molecule has 1 rings (SSSR count). The number of carbonyl (C=O) groups is 1. The number of hydrogen-bond acceptors (Lipinski definition) is 4. The van der Waals surface area contributed by atoms with Gasteiger partial charge in [0.15, 0.2) is 23.1 Å². The van der Waals surface area contributed by atoms with Gasteiger partial charge in [0, 0.05) is 6.42 Å². The number of nitrogens with two attached hydrogens (primary N) is 1. The van der Waals surface area contributed by atoms with Crippen LogP contribution < -0.4 is 10.5 Å². The summed E-state index contributed by atoms with van der Waals surface area (Å²) in [6.45, 7) is 1.72. The number of rotatable bonds is 4. The summed E-state index contributed by atoms with van der Waals surface area (Å²) in [4.78, 5) is 11.5. The number of benzene rings is 1. The third kappa shape index (κ3) is 2.14. The highest BCUT2D eigenvalue weighted by Gasteiger charge is 2.20. The Kier molecular flexibility index (Phi) is 3.84. The van der Waals surface area contributed by atoms with Crippen LogP contribution in [0.15, 0.2) is 6.07 Å². The van der Waals surface area contributed by atoms with Crippen molar-refractivity contribution < 1.29 is 19.0 Å². The maximum Gasteiger partial charge on any atom is 0.197 e. The van der Waals surface area contributed by atoms with Crippen LogP contribution in [0.1, 0.15) is 22.3 Å². The van der Waals surface area contributed by atoms with E-state index in [0.29, 0.717) is 5.56 Å². The van der Waals surface area contributed by atoms with E-state index < -0.39 is 11.6 Å². The highest BCUT2D eigenvalue weighted by molar-refractivity contribution is 5.97. The molecule has 0 fully saturated rings. The smallest absolute Gasteiger partial charge is 0.197 e. The van der Waals surface area contributed by atoms with Crippen molar-refractivity contribution in [2.45, 2.75) is 13.3 Å². The quantitative estimate of drug-likeness (QED) is 0.762. The van der Waals surface area contributed by atoms with Crippen LogP contribution in [-0.4, -0.2) is 24.5 Å². The molecule has 1 aromatic rings. The molecule has 0 aliphatic heterocycles. The molecule has 0 aromatic heterocycles. The van der Waals surface area contributed by atoms with E-state index in [9.17, 15) is 14.3 Å². The summed E-state index contributed by atoms with van der Waals surface area (Å²) in [5.74, 6) is -1.84. The van der Waals surface area contributed by atoms with Crippen LogP contribution >= 0.6 is 0 Å². The van der Waals surface area contributed by atoms with Crippen molar-refractivity contribution in [3.63, 3.8) is 0 Å². The highest BCUT2D eigenvalue weighted by atomic mass is 19.1. The fourth-order valence-electron chi connectivity index (χ4n) is 1.41. The molecule has 4 nitrogen and oxygen atoms in total. The Hall–Kier alpha value is -1.62. The molecule has 0 heterocycles. The lowest BCUT2D eigenvalue weighted by Crippen LogP contribution is -2.11. The molecular weight excluding hydrogens is 213 g/mol. The molecule has 0 radical (unpaired) electrons. The zero-order valence-corrected chi connectivity index (χ0v) is 9.21. The predicted molar refractivity (Wildman–Crippen MR) is 57.4 cm³/mol. The fraction of sp³-hybridized carbons (Fsp3) is 0.364. The monoisotopic (exact) mass is 227 g/mol. The molecule has 0 saturated carbocycles. The Labute approximate surface area is 92.8 Å². The van der Waals surface area contributed by atoms with Gasteiger partial charge in [-0.15, -0.1) is 0 Å². The van der Waals surface area contributed by atoms with Gasteiger partial charge in [-0.3, -0.25) is 4.79 Å². The Morgan fingerprint density at radius 3 is 2.75 bits per heavy atom. The molecule has 3 N–H and O–H groups in total. The third-order valence-electron chi connectivity index (χ3n) is 2.26. The van der Waals surface area contributed by atoms with Gasteiger partial charge in [0.1, 0.15) is 0 Å². The van der Waals surface area contributed by atoms with Gasteiger partial charge in [0.2, 0.25) is 0 Å². The predicted octanol–water partition coefficient (Wildman–Crippen LogP) is 1.38. The SMILES string of the molecule is COc1c(O)c(C)cc(C(=O)CCN)c1F. The molecule has 88 valence electrons. The number of phenols is 1. The van der Waals surface area contributed by atoms with Crippen molar-refractivity contribution in [2.24, 2.45) is 5.73 Å². The van der Waals surface area contributed by atoms with Gasteiger partial charge in [-0.1, -0.05) is 0 Å². The number of carbonyl (C=O) groups excluding carboxylic acids is 1. The van der Waals surface area contributed by atoms with Crippen molar-refractivity contribution in [1.29, 1.82) is 0 Å². The van der Waals surface area contributed by atoms with Crippen LogP contribution in [0.25, 0.3) is 0 Å². The minimum absolute atomic E-state index is 0.0598. The van der Waals surface area contributed by atoms with Crippen LogP contribution in [-0.2, 0) is 0 Å². The number of ether oxygens (including phenoxy) is 1. The Morgan fingerprint density at radius 1 is 1.62 bits per heavy atom. The van der Waals surface area contributed by atoms with Crippen molar-refractivity contribution in [3.8, 4) is 11.5 Å². The molecule has 5 heteroatoms. The average Bonchev–Trinajstić information content (AvgIpc) is 2.24. The second-order valence-corrected chi connectivity index (χ2v) is 3.40. The number of methoxy groups -OCH3 is 1. The van der Waals surface area contributed by atoms with Gasteiger partial charge in [0.05, 0.1) is 12.7 Å². The van der Waals surface area contributed by atoms with Crippen LogP contribution in [0.5, 0.6) is 11.5 Å². The topological polar surface area (TPSA) is 72.5 Å². The summed E-state index contributed by atoms with van der Waals surface area (Å²) in [5.41, 5.74) is 5.52. The maximum absolute atomic E-state index is 13.7. The molecule has 0 atom stereocenters. The molecule has 16 heavy (non-hydrogen) atoms. The first-order chi connectivity index (χ1) is 7.52.